The lowest BCUT2D eigenvalue weighted by Gasteiger charge is -2.14. The van der Waals surface area contributed by atoms with Gasteiger partial charge in [-0.3, -0.25) is 9.36 Å². The summed E-state index contributed by atoms with van der Waals surface area (Å²) in [6.07, 6.45) is 3.34. The fourth-order valence-corrected chi connectivity index (χ4v) is 4.15. The van der Waals surface area contributed by atoms with E-state index in [1.807, 2.05) is 54.6 Å². The van der Waals surface area contributed by atoms with Crippen LogP contribution in [0.2, 0.25) is 0 Å². The lowest BCUT2D eigenvalue weighted by atomic mass is 10.1. The number of phenols is 1. The molecule has 0 atom stereocenters. The molecule has 7 nitrogen and oxygen atoms in total. The highest BCUT2D eigenvalue weighted by Gasteiger charge is 2.20. The van der Waals surface area contributed by atoms with Crippen molar-refractivity contribution < 1.29 is 14.9 Å². The number of aliphatic hydroxyl groups excluding tert-OH is 1. The number of phenolic OH excluding ortho intramolecular Hbond substituents is 1. The maximum absolute atomic E-state index is 13.4. The molecular formula is C29H27N3O4. The van der Waals surface area contributed by atoms with Crippen molar-refractivity contribution in [3.05, 3.63) is 118 Å². The number of hydrogen-bond acceptors (Lipinski definition) is 5. The topological polar surface area (TPSA) is 100 Å². The number of rotatable bonds is 9. The summed E-state index contributed by atoms with van der Waals surface area (Å²) in [7, 11) is 0. The van der Waals surface area contributed by atoms with Crippen molar-refractivity contribution in [3.63, 3.8) is 0 Å². The van der Waals surface area contributed by atoms with Gasteiger partial charge in [0.05, 0.1) is 18.0 Å². The molecule has 0 saturated heterocycles. The van der Waals surface area contributed by atoms with E-state index in [-0.39, 0.29) is 17.9 Å². The van der Waals surface area contributed by atoms with E-state index in [0.717, 1.165) is 33.8 Å². The number of benzene rings is 3. The van der Waals surface area contributed by atoms with Gasteiger partial charge in [0.25, 0.3) is 5.56 Å². The Bertz CT molecular complexity index is 1460. The lowest BCUT2D eigenvalue weighted by Crippen LogP contribution is -2.17. The number of aromatic nitrogens is 3. The Hall–Kier alpha value is -4.36. The summed E-state index contributed by atoms with van der Waals surface area (Å²) >= 11 is 0. The normalized spacial score (nSPS) is 11.1. The second-order valence-electron chi connectivity index (χ2n) is 8.66. The molecular weight excluding hydrogens is 454 g/mol. The Morgan fingerprint density at radius 2 is 1.61 bits per heavy atom. The van der Waals surface area contributed by atoms with Crippen LogP contribution >= 0.6 is 0 Å². The summed E-state index contributed by atoms with van der Waals surface area (Å²) in [6.45, 7) is 0.544. The van der Waals surface area contributed by atoms with E-state index >= 15 is 0 Å². The fourth-order valence-electron chi connectivity index (χ4n) is 4.15. The molecule has 182 valence electrons. The Labute approximate surface area is 208 Å². The molecule has 0 spiro atoms. The molecule has 5 rings (SSSR count). The van der Waals surface area contributed by atoms with Gasteiger partial charge < -0.3 is 19.9 Å². The number of aromatic amines is 1. The molecule has 36 heavy (non-hydrogen) atoms. The number of ether oxygens (including phenoxy) is 1. The number of hydrogen-bond donors (Lipinski definition) is 3. The van der Waals surface area contributed by atoms with Crippen LogP contribution in [0.5, 0.6) is 11.5 Å². The smallest absolute Gasteiger partial charge is 0.278 e. The number of aliphatic hydroxyl groups is 1. The van der Waals surface area contributed by atoms with Crippen LogP contribution in [0.1, 0.15) is 28.9 Å². The van der Waals surface area contributed by atoms with Crippen LogP contribution in [0.3, 0.4) is 0 Å². The molecule has 0 aromatic heterocycles. The first-order valence-corrected chi connectivity index (χ1v) is 11.9. The molecule has 3 N–H and O–H groups in total. The van der Waals surface area contributed by atoms with E-state index < -0.39 is 0 Å². The van der Waals surface area contributed by atoms with Gasteiger partial charge in [0, 0.05) is 32.1 Å². The molecule has 0 fully saturated rings. The highest BCUT2D eigenvalue weighted by atomic mass is 16.5. The van der Waals surface area contributed by atoms with Crippen LogP contribution in [0, 0.1) is 0 Å². The SMILES string of the molecule is O=c1c(Cc2ccc(O)cc2)nc2c(Cc3ccccc3)[nH]c(-c3ccc(OCCCO)cc3)cn1-2. The van der Waals surface area contributed by atoms with E-state index in [2.05, 4.69) is 4.98 Å². The summed E-state index contributed by atoms with van der Waals surface area (Å²) in [5.41, 5.74) is 4.85. The van der Waals surface area contributed by atoms with Crippen molar-refractivity contribution in [2.24, 2.45) is 0 Å². The van der Waals surface area contributed by atoms with Crippen LogP contribution in [-0.4, -0.2) is 38.0 Å². The van der Waals surface area contributed by atoms with Gasteiger partial charge >= 0.3 is 0 Å². The number of H-pyrrole nitrogens is 1. The first-order valence-electron chi connectivity index (χ1n) is 11.9. The summed E-state index contributed by atoms with van der Waals surface area (Å²) in [6, 6.07) is 24.5. The minimum atomic E-state index is -0.161. The first-order chi connectivity index (χ1) is 17.6. The Kier molecular flexibility index (Phi) is 6.82. The molecule has 0 saturated carbocycles. The first kappa shape index (κ1) is 23.4. The Morgan fingerprint density at radius 3 is 2.33 bits per heavy atom. The van der Waals surface area contributed by atoms with Gasteiger partial charge in [-0.15, -0.1) is 0 Å². The van der Waals surface area contributed by atoms with Gasteiger partial charge in [0.2, 0.25) is 0 Å². The summed E-state index contributed by atoms with van der Waals surface area (Å²) < 4.78 is 7.26. The van der Waals surface area contributed by atoms with E-state index in [9.17, 15) is 9.90 Å². The fraction of sp³-hybridized carbons (Fsp3) is 0.172. The molecule has 0 aliphatic carbocycles. The van der Waals surface area contributed by atoms with E-state index in [4.69, 9.17) is 14.8 Å². The number of nitrogens with zero attached hydrogens (tertiary/aromatic N) is 2. The molecule has 3 aromatic carbocycles. The predicted molar refractivity (Wildman–Crippen MR) is 138 cm³/mol. The van der Waals surface area contributed by atoms with E-state index in [1.165, 1.54) is 0 Å². The van der Waals surface area contributed by atoms with Crippen LogP contribution < -0.4 is 10.3 Å². The monoisotopic (exact) mass is 481 g/mol. The number of nitrogens with one attached hydrogen (secondary N) is 1. The van der Waals surface area contributed by atoms with Gasteiger partial charge in [-0.05, 0) is 53.1 Å². The van der Waals surface area contributed by atoms with Crippen LogP contribution in [0.15, 0.2) is 89.9 Å². The zero-order valence-electron chi connectivity index (χ0n) is 19.7. The third-order valence-corrected chi connectivity index (χ3v) is 6.02. The van der Waals surface area contributed by atoms with Crippen molar-refractivity contribution in [2.45, 2.75) is 19.3 Å². The van der Waals surface area contributed by atoms with Crippen molar-refractivity contribution in [1.29, 1.82) is 0 Å². The number of aromatic hydroxyl groups is 1. The summed E-state index contributed by atoms with van der Waals surface area (Å²) in [5, 5.41) is 18.5. The molecule has 7 heteroatoms. The second-order valence-corrected chi connectivity index (χ2v) is 8.66. The summed E-state index contributed by atoms with van der Waals surface area (Å²) in [4.78, 5) is 21.6. The predicted octanol–water partition coefficient (Wildman–Crippen LogP) is 4.31. The van der Waals surface area contributed by atoms with E-state index in [0.29, 0.717) is 37.4 Å². The zero-order chi connectivity index (χ0) is 24.9. The van der Waals surface area contributed by atoms with Crippen LogP contribution in [0.25, 0.3) is 17.1 Å². The van der Waals surface area contributed by atoms with Crippen molar-refractivity contribution >= 4 is 0 Å². The highest BCUT2D eigenvalue weighted by Crippen LogP contribution is 2.25. The van der Waals surface area contributed by atoms with Crippen molar-refractivity contribution in [3.8, 4) is 28.6 Å². The van der Waals surface area contributed by atoms with Crippen molar-refractivity contribution in [1.82, 2.24) is 14.5 Å². The molecule has 0 amide bonds. The average Bonchev–Trinajstić information content (AvgIpc) is 3.22. The molecule has 2 aliphatic rings. The minimum Gasteiger partial charge on any atom is -0.508 e. The third-order valence-electron chi connectivity index (χ3n) is 6.02. The molecule has 0 radical (unpaired) electrons. The third kappa shape index (κ3) is 5.16. The Balaban J connectivity index is 1.54. The van der Waals surface area contributed by atoms with Crippen molar-refractivity contribution in [2.75, 3.05) is 13.2 Å². The van der Waals surface area contributed by atoms with Gasteiger partial charge in [0.15, 0.2) is 5.82 Å². The maximum atomic E-state index is 13.4. The molecule has 3 aromatic rings. The van der Waals surface area contributed by atoms with Crippen LogP contribution in [-0.2, 0) is 12.8 Å². The minimum absolute atomic E-state index is 0.0917. The van der Waals surface area contributed by atoms with Gasteiger partial charge in [-0.2, -0.15) is 0 Å². The average molecular weight is 482 g/mol. The van der Waals surface area contributed by atoms with Gasteiger partial charge in [0.1, 0.15) is 17.2 Å². The molecule has 2 heterocycles. The zero-order valence-corrected chi connectivity index (χ0v) is 19.7. The molecule has 0 unspecified atom stereocenters. The number of imidazole rings is 1. The van der Waals surface area contributed by atoms with E-state index in [1.54, 1.807) is 35.0 Å². The number of fused-ring (bicyclic) bond motifs is 1. The lowest BCUT2D eigenvalue weighted by molar-refractivity contribution is 0.233. The standard InChI is InChI=1S/C29H27N3O4/c33-15-4-16-36-24-13-9-22(10-14-24)27-19-32-28(25(30-27)17-20-5-2-1-3-6-20)31-26(29(32)35)18-21-7-11-23(34)12-8-21/h1-3,5-14,19,30,33-34H,4,15-18H2. The quantitative estimate of drug-likeness (QED) is 0.272. The second kappa shape index (κ2) is 10.5. The largest absolute Gasteiger partial charge is 0.508 e. The molecule has 2 aliphatic heterocycles. The summed E-state index contributed by atoms with van der Waals surface area (Å²) in [5.74, 6) is 1.51. The Morgan fingerprint density at radius 1 is 0.889 bits per heavy atom. The highest BCUT2D eigenvalue weighted by molar-refractivity contribution is 5.61. The van der Waals surface area contributed by atoms with Crippen LogP contribution in [0.4, 0.5) is 0 Å². The van der Waals surface area contributed by atoms with Gasteiger partial charge in [-0.25, -0.2) is 4.98 Å². The molecule has 0 bridgehead atoms. The maximum Gasteiger partial charge on any atom is 0.278 e. The van der Waals surface area contributed by atoms with Gasteiger partial charge in [-0.1, -0.05) is 42.5 Å².